The zero-order valence-corrected chi connectivity index (χ0v) is 19.8. The number of allylic oxidation sites excluding steroid dienone is 1. The Balaban J connectivity index is 1.58. The number of aliphatic carboxylic acids is 1. The predicted octanol–water partition coefficient (Wildman–Crippen LogP) is 6.61. The molecule has 5 rings (SSSR count). The molecule has 2 aromatic carbocycles. The van der Waals surface area contributed by atoms with Gasteiger partial charge in [-0.25, -0.2) is 9.97 Å². The third kappa shape index (κ3) is 4.39. The third-order valence-corrected chi connectivity index (χ3v) is 7.09. The second kappa shape index (κ2) is 9.27. The average Bonchev–Trinajstić information content (AvgIpc) is 3.58. The van der Waals surface area contributed by atoms with Crippen molar-refractivity contribution in [1.82, 2.24) is 9.97 Å². The summed E-state index contributed by atoms with van der Waals surface area (Å²) in [7, 11) is 0. The van der Waals surface area contributed by atoms with Crippen LogP contribution in [-0.2, 0) is 11.2 Å². The fraction of sp³-hybridized carbons (Fsp3) is 0.222. The molecule has 0 fully saturated rings. The number of benzene rings is 2. The largest absolute Gasteiger partial charge is 0.481 e. The Kier molecular flexibility index (Phi) is 6.02. The topological polar surface area (TPSA) is 88.2 Å². The maximum absolute atomic E-state index is 11.4. The summed E-state index contributed by atoms with van der Waals surface area (Å²) in [6.45, 7) is 4.04. The van der Waals surface area contributed by atoms with Gasteiger partial charge in [0.1, 0.15) is 0 Å². The zero-order chi connectivity index (χ0) is 23.7. The lowest BCUT2D eigenvalue weighted by molar-refractivity contribution is -0.137. The van der Waals surface area contributed by atoms with Crippen molar-refractivity contribution >= 4 is 28.5 Å². The van der Waals surface area contributed by atoms with Gasteiger partial charge in [-0.3, -0.25) is 4.79 Å². The van der Waals surface area contributed by atoms with Crippen LogP contribution in [0.4, 0.5) is 5.13 Å². The number of thiazole rings is 1. The van der Waals surface area contributed by atoms with E-state index in [1.807, 2.05) is 38.1 Å². The van der Waals surface area contributed by atoms with Crippen LogP contribution < -0.4 is 5.32 Å². The summed E-state index contributed by atoms with van der Waals surface area (Å²) >= 11 is 1.57. The van der Waals surface area contributed by atoms with Crippen molar-refractivity contribution in [3.63, 3.8) is 0 Å². The molecule has 1 aliphatic carbocycles. The predicted molar refractivity (Wildman–Crippen MR) is 136 cm³/mol. The van der Waals surface area contributed by atoms with E-state index in [2.05, 4.69) is 40.7 Å². The number of hydrogen-bond acceptors (Lipinski definition) is 6. The average molecular weight is 472 g/mol. The van der Waals surface area contributed by atoms with E-state index < -0.39 is 5.97 Å². The Morgan fingerprint density at radius 2 is 1.97 bits per heavy atom. The Labute approximate surface area is 202 Å². The van der Waals surface area contributed by atoms with Crippen molar-refractivity contribution in [2.75, 3.05) is 5.32 Å². The number of oxazole rings is 1. The van der Waals surface area contributed by atoms with Gasteiger partial charge in [-0.2, -0.15) is 0 Å². The molecule has 2 N–H and O–H groups in total. The van der Waals surface area contributed by atoms with E-state index in [1.54, 1.807) is 17.5 Å². The molecule has 172 valence electrons. The Bertz CT molecular complexity index is 1340. The summed E-state index contributed by atoms with van der Waals surface area (Å²) in [6.07, 6.45) is 8.45. The number of fused-ring (bicyclic) bond motifs is 1. The number of nitrogens with zero attached hydrogens (tertiary/aromatic N) is 2. The minimum Gasteiger partial charge on any atom is -0.481 e. The van der Waals surface area contributed by atoms with Gasteiger partial charge in [-0.05, 0) is 23.5 Å². The van der Waals surface area contributed by atoms with Crippen molar-refractivity contribution in [3.8, 4) is 33.0 Å². The van der Waals surface area contributed by atoms with E-state index >= 15 is 0 Å². The lowest BCUT2D eigenvalue weighted by atomic mass is 9.99. The first kappa shape index (κ1) is 22.1. The molecular formula is C27H25N3O3S. The molecule has 0 saturated heterocycles. The number of rotatable bonds is 8. The van der Waals surface area contributed by atoms with Crippen molar-refractivity contribution in [3.05, 3.63) is 72.3 Å². The Morgan fingerprint density at radius 3 is 2.68 bits per heavy atom. The number of carboxylic acid groups (broad SMARTS) is 1. The molecule has 1 aliphatic rings. The van der Waals surface area contributed by atoms with Gasteiger partial charge in [0.25, 0.3) is 0 Å². The molecule has 1 atom stereocenters. The van der Waals surface area contributed by atoms with Gasteiger partial charge >= 0.3 is 5.97 Å². The van der Waals surface area contributed by atoms with E-state index in [0.717, 1.165) is 38.8 Å². The van der Waals surface area contributed by atoms with Crippen LogP contribution in [0, 0.1) is 5.92 Å². The van der Waals surface area contributed by atoms with Crippen molar-refractivity contribution in [1.29, 1.82) is 0 Å². The summed E-state index contributed by atoms with van der Waals surface area (Å²) < 4.78 is 5.42. The van der Waals surface area contributed by atoms with Gasteiger partial charge in [0, 0.05) is 22.7 Å². The second-order valence-electron chi connectivity index (χ2n) is 8.72. The van der Waals surface area contributed by atoms with Crippen LogP contribution in [0.5, 0.6) is 0 Å². The molecule has 2 aromatic heterocycles. The van der Waals surface area contributed by atoms with E-state index in [1.165, 1.54) is 17.5 Å². The highest BCUT2D eigenvalue weighted by molar-refractivity contribution is 7.19. The van der Waals surface area contributed by atoms with Gasteiger partial charge in [0.2, 0.25) is 0 Å². The normalized spacial score (nSPS) is 13.3. The van der Waals surface area contributed by atoms with Crippen LogP contribution in [0.15, 0.2) is 65.5 Å². The molecule has 2 heterocycles. The molecular weight excluding hydrogens is 446 g/mol. The summed E-state index contributed by atoms with van der Waals surface area (Å²) in [5, 5.41) is 13.5. The number of aromatic nitrogens is 2. The number of hydrogen-bond donors (Lipinski definition) is 2. The number of nitrogens with one attached hydrogen (secondary N) is 1. The lowest BCUT2D eigenvalue weighted by Crippen LogP contribution is -2.28. The van der Waals surface area contributed by atoms with Crippen LogP contribution in [0.2, 0.25) is 0 Å². The van der Waals surface area contributed by atoms with Gasteiger partial charge in [-0.15, -0.1) is 0 Å². The quantitative estimate of drug-likeness (QED) is 0.300. The maximum Gasteiger partial charge on any atom is 0.305 e. The number of carboxylic acids is 1. The highest BCUT2D eigenvalue weighted by Crippen LogP contribution is 2.43. The minimum atomic E-state index is -0.822. The Hall–Kier alpha value is -3.71. The van der Waals surface area contributed by atoms with E-state index in [0.29, 0.717) is 5.76 Å². The summed E-state index contributed by atoms with van der Waals surface area (Å²) in [6, 6.07) is 14.3. The second-order valence-corrected chi connectivity index (χ2v) is 9.72. The molecule has 1 unspecified atom stereocenters. The molecule has 0 aliphatic heterocycles. The fourth-order valence-corrected chi connectivity index (χ4v) is 5.29. The summed E-state index contributed by atoms with van der Waals surface area (Å²) in [4.78, 5) is 21.4. The van der Waals surface area contributed by atoms with E-state index in [4.69, 9.17) is 9.40 Å². The SMILES string of the molecule is CC(C)C(CC(=O)O)Nc1nc(-c2ccc(-c3cnco3)cc2)c(-c2cccc3c2C=CC3)s1. The van der Waals surface area contributed by atoms with Crippen LogP contribution in [-0.4, -0.2) is 27.1 Å². The lowest BCUT2D eigenvalue weighted by Gasteiger charge is -2.19. The zero-order valence-electron chi connectivity index (χ0n) is 19.0. The molecule has 34 heavy (non-hydrogen) atoms. The summed E-state index contributed by atoms with van der Waals surface area (Å²) in [5.74, 6) is 0.0427. The first-order valence-corrected chi connectivity index (χ1v) is 12.1. The molecule has 0 saturated carbocycles. The highest BCUT2D eigenvalue weighted by atomic mass is 32.1. The Morgan fingerprint density at radius 1 is 1.18 bits per heavy atom. The maximum atomic E-state index is 11.4. The fourth-order valence-electron chi connectivity index (χ4n) is 4.20. The molecule has 4 aromatic rings. The molecule has 7 heteroatoms. The number of carbonyl (C=O) groups is 1. The molecule has 0 bridgehead atoms. The molecule has 0 amide bonds. The van der Waals surface area contributed by atoms with Crippen LogP contribution in [0.25, 0.3) is 39.1 Å². The van der Waals surface area contributed by atoms with Gasteiger partial charge < -0.3 is 14.8 Å². The minimum absolute atomic E-state index is 0.0390. The standard InChI is InChI=1S/C27H25N3O3S/c1-16(2)22(13-24(31)32)29-27-30-25(19-11-9-18(10-12-19)23-14-28-15-33-23)26(34-27)21-8-4-6-17-5-3-7-20(17)21/h3-4,6-12,14-16,22H,5,13H2,1-2H3,(H,29,30)(H,31,32). The highest BCUT2D eigenvalue weighted by Gasteiger charge is 2.23. The van der Waals surface area contributed by atoms with Crippen molar-refractivity contribution < 1.29 is 14.3 Å². The van der Waals surface area contributed by atoms with Crippen LogP contribution in [0.3, 0.4) is 0 Å². The van der Waals surface area contributed by atoms with Gasteiger partial charge in [0.15, 0.2) is 17.3 Å². The van der Waals surface area contributed by atoms with Gasteiger partial charge in [0.05, 0.1) is 23.2 Å². The van der Waals surface area contributed by atoms with Crippen molar-refractivity contribution in [2.45, 2.75) is 32.7 Å². The summed E-state index contributed by atoms with van der Waals surface area (Å²) in [5.41, 5.74) is 6.48. The van der Waals surface area contributed by atoms with Crippen LogP contribution in [0.1, 0.15) is 31.4 Å². The first-order chi connectivity index (χ1) is 16.5. The first-order valence-electron chi connectivity index (χ1n) is 11.3. The van der Waals surface area contributed by atoms with Gasteiger partial charge in [-0.1, -0.05) is 79.8 Å². The molecule has 6 nitrogen and oxygen atoms in total. The molecule has 0 spiro atoms. The van der Waals surface area contributed by atoms with E-state index in [-0.39, 0.29) is 18.4 Å². The number of anilines is 1. The van der Waals surface area contributed by atoms with Crippen molar-refractivity contribution in [2.24, 2.45) is 5.92 Å². The van der Waals surface area contributed by atoms with E-state index in [9.17, 15) is 9.90 Å². The molecule has 0 radical (unpaired) electrons. The third-order valence-electron chi connectivity index (χ3n) is 6.07. The smallest absolute Gasteiger partial charge is 0.305 e. The monoisotopic (exact) mass is 471 g/mol. The van der Waals surface area contributed by atoms with Crippen LogP contribution >= 0.6 is 11.3 Å².